The van der Waals surface area contributed by atoms with Crippen LogP contribution in [0.1, 0.15) is 85.0 Å². The molecule has 13 rings (SSSR count). The third kappa shape index (κ3) is 13.5. The van der Waals surface area contributed by atoms with Gasteiger partial charge in [-0.2, -0.15) is 15.8 Å². The second kappa shape index (κ2) is 27.5. The molecule has 17 heteroatoms. The largest absolute Gasteiger partial charge is 0.397 e. The van der Waals surface area contributed by atoms with Crippen LogP contribution < -0.4 is 5.73 Å². The molecule has 3 N–H and O–H groups in total. The van der Waals surface area contributed by atoms with E-state index in [2.05, 4.69) is 81.2 Å². The van der Waals surface area contributed by atoms with Gasteiger partial charge >= 0.3 is 0 Å². The van der Waals surface area contributed by atoms with Crippen LogP contribution in [0.2, 0.25) is 0 Å². The number of nitrogens with two attached hydrogens (primary N) is 1. The summed E-state index contributed by atoms with van der Waals surface area (Å²) in [6, 6.07) is 42.4. The van der Waals surface area contributed by atoms with E-state index in [0.717, 1.165) is 96.9 Å². The molecule has 0 bridgehead atoms. The first-order chi connectivity index (χ1) is 41.3. The van der Waals surface area contributed by atoms with Gasteiger partial charge in [0.1, 0.15) is 0 Å². The molecular weight excluding hydrogens is 1080 g/mol. The van der Waals surface area contributed by atoms with E-state index in [1.54, 1.807) is 73.8 Å². The highest BCUT2D eigenvalue weighted by molar-refractivity contribution is 6.32. The van der Waals surface area contributed by atoms with Crippen molar-refractivity contribution in [3.8, 4) is 35.3 Å². The fourth-order valence-corrected chi connectivity index (χ4v) is 10.7. The number of hydrogen-bond donors (Lipinski definition) is 2. The Morgan fingerprint density at radius 1 is 0.529 bits per heavy atom. The monoisotopic (exact) mass is 1140 g/mol. The van der Waals surface area contributed by atoms with Crippen molar-refractivity contribution in [2.45, 2.75) is 53.9 Å². The number of ketones is 2. The minimum atomic E-state index is -0.109. The summed E-state index contributed by atoms with van der Waals surface area (Å²) in [7, 11) is 0. The lowest BCUT2D eigenvalue weighted by molar-refractivity contribution is 0.0916. The maximum atomic E-state index is 13.2. The zero-order chi connectivity index (χ0) is 60.0. The van der Waals surface area contributed by atoms with Crippen LogP contribution in [0.4, 0.5) is 5.69 Å². The van der Waals surface area contributed by atoms with E-state index in [0.29, 0.717) is 28.8 Å². The van der Waals surface area contributed by atoms with Crippen LogP contribution in [0.3, 0.4) is 0 Å². The van der Waals surface area contributed by atoms with Crippen LogP contribution in [-0.4, -0.2) is 85.6 Å². The van der Waals surface area contributed by atoms with Gasteiger partial charge in [-0.1, -0.05) is 6.42 Å². The number of benzene rings is 3. The zero-order valence-electron chi connectivity index (χ0n) is 47.8. The molecular formula is C68H61ClN14O2. The molecule has 0 saturated carbocycles. The first-order valence-corrected chi connectivity index (χ1v) is 28.1. The van der Waals surface area contributed by atoms with Gasteiger partial charge in [0.15, 0.2) is 11.6 Å². The number of alkyl halides is 1. The number of aromatic nitrogens is 9. The normalized spacial score (nSPS) is 11.8. The van der Waals surface area contributed by atoms with E-state index in [1.165, 1.54) is 35.7 Å². The highest BCUT2D eigenvalue weighted by Gasteiger charge is 2.24. The predicted octanol–water partition coefficient (Wildman–Crippen LogP) is 13.6. The number of H-pyrrole nitrogens is 1. The average molecular weight is 1140 g/mol. The second-order valence-corrected chi connectivity index (χ2v) is 20.6. The smallest absolute Gasteiger partial charge is 0.180 e. The van der Waals surface area contributed by atoms with E-state index >= 15 is 0 Å². The Balaban J connectivity index is 0.000000135. The molecule has 10 heterocycles. The minimum absolute atomic E-state index is 0.0599. The molecule has 0 spiro atoms. The number of anilines is 1. The number of aromatic amines is 1. The number of carbonyl (C=O) groups is 2. The molecule has 0 radical (unpaired) electrons. The fourth-order valence-electron chi connectivity index (χ4n) is 10.5. The summed E-state index contributed by atoms with van der Waals surface area (Å²) >= 11 is 5.74. The van der Waals surface area contributed by atoms with Gasteiger partial charge in [0, 0.05) is 110 Å². The van der Waals surface area contributed by atoms with E-state index in [1.807, 2.05) is 124 Å². The van der Waals surface area contributed by atoms with Crippen molar-refractivity contribution in [3.63, 3.8) is 0 Å². The summed E-state index contributed by atoms with van der Waals surface area (Å²) in [6.45, 7) is 12.4. The number of nitriles is 3. The number of halogens is 1. The van der Waals surface area contributed by atoms with Gasteiger partial charge in [-0.3, -0.25) is 39.4 Å². The summed E-state index contributed by atoms with van der Waals surface area (Å²) in [5.41, 5.74) is 21.5. The van der Waals surface area contributed by atoms with E-state index in [9.17, 15) is 9.59 Å². The van der Waals surface area contributed by atoms with Gasteiger partial charge in [-0.05, 0) is 181 Å². The van der Waals surface area contributed by atoms with E-state index < -0.39 is 0 Å². The van der Waals surface area contributed by atoms with Crippen LogP contribution in [0, 0.1) is 68.6 Å². The molecule has 0 amide bonds. The molecule has 12 aromatic rings. The van der Waals surface area contributed by atoms with Crippen molar-refractivity contribution in [2.75, 3.05) is 31.2 Å². The SMILES string of the molecule is Cc1c(C(=O)CCl)c2ccncc2n1-c1ccc(C#N)cc1.Cc1c(C(=O)CN2CCCCC2)c2ccncc2n1-c1ccc(C#N)cc1.Cc1cc2ccncc2[nH]1.Cc1cc2ccncc2n1-c1ccc(C#N)cc1.Cc1ccncc1N. The molecule has 0 aliphatic carbocycles. The number of rotatable bonds is 8. The van der Waals surface area contributed by atoms with Gasteiger partial charge in [0.2, 0.25) is 0 Å². The highest BCUT2D eigenvalue weighted by atomic mass is 35.5. The summed E-state index contributed by atoms with van der Waals surface area (Å²) in [5, 5.41) is 30.9. The Bertz CT molecular complexity index is 4400. The van der Waals surface area contributed by atoms with Crippen LogP contribution in [0.25, 0.3) is 60.7 Å². The lowest BCUT2D eigenvalue weighted by Gasteiger charge is -2.25. The topological polar surface area (TPSA) is 230 Å². The number of nitrogen functional groups attached to an aromatic ring is 1. The molecule has 1 saturated heterocycles. The number of hydrogen-bond acceptors (Lipinski definition) is 12. The van der Waals surface area contributed by atoms with Crippen molar-refractivity contribution >= 4 is 72.5 Å². The van der Waals surface area contributed by atoms with Crippen LogP contribution >= 0.6 is 11.6 Å². The first kappa shape index (κ1) is 59.1. The number of aryl methyl sites for hydroxylation is 3. The molecule has 422 valence electrons. The Kier molecular flexibility index (Phi) is 19.1. The molecule has 0 unspecified atom stereocenters. The number of carbonyl (C=O) groups excluding carboxylic acids is 2. The molecule has 9 aromatic heterocycles. The first-order valence-electron chi connectivity index (χ1n) is 27.6. The molecule has 0 atom stereocenters. The summed E-state index contributed by atoms with van der Waals surface area (Å²) in [4.78, 5) is 51.2. The number of pyridine rings is 5. The number of nitrogens with zero attached hydrogens (tertiary/aromatic N) is 12. The molecule has 3 aromatic carbocycles. The second-order valence-electron chi connectivity index (χ2n) is 20.4. The average Bonchev–Trinajstić information content (AvgIpc) is 2.44. The van der Waals surface area contributed by atoms with Crippen LogP contribution in [-0.2, 0) is 0 Å². The maximum absolute atomic E-state index is 13.2. The lowest BCUT2D eigenvalue weighted by Crippen LogP contribution is -2.34. The van der Waals surface area contributed by atoms with Gasteiger partial charge in [-0.15, -0.1) is 11.6 Å². The molecule has 85 heavy (non-hydrogen) atoms. The Labute approximate surface area is 497 Å². The fraction of sp³-hybridized carbons (Fsp3) is 0.176. The third-order valence-electron chi connectivity index (χ3n) is 14.7. The predicted molar refractivity (Wildman–Crippen MR) is 335 cm³/mol. The van der Waals surface area contributed by atoms with Gasteiger partial charge in [0.05, 0.1) is 99.9 Å². The third-order valence-corrected chi connectivity index (χ3v) is 14.9. The van der Waals surface area contributed by atoms with Gasteiger partial charge in [-0.25, -0.2) is 0 Å². The molecule has 16 nitrogen and oxygen atoms in total. The zero-order valence-corrected chi connectivity index (χ0v) is 48.6. The van der Waals surface area contributed by atoms with Gasteiger partial charge < -0.3 is 24.4 Å². The van der Waals surface area contributed by atoms with E-state index in [-0.39, 0.29) is 17.4 Å². The van der Waals surface area contributed by atoms with Crippen LogP contribution in [0.5, 0.6) is 0 Å². The maximum Gasteiger partial charge on any atom is 0.180 e. The summed E-state index contributed by atoms with van der Waals surface area (Å²) in [6.07, 6.45) is 21.2. The highest BCUT2D eigenvalue weighted by Crippen LogP contribution is 2.32. The summed E-state index contributed by atoms with van der Waals surface area (Å²) in [5.74, 6) is -0.00362. The number of likely N-dealkylation sites (tertiary alicyclic amines) is 1. The summed E-state index contributed by atoms with van der Waals surface area (Å²) < 4.78 is 6.17. The lowest BCUT2D eigenvalue weighted by atomic mass is 10.1. The van der Waals surface area contributed by atoms with Crippen LogP contribution in [0.15, 0.2) is 177 Å². The van der Waals surface area contributed by atoms with Crippen molar-refractivity contribution in [2.24, 2.45) is 0 Å². The standard InChI is InChI=1S/C22H22N4O.C17H12ClN3O.C15H11N3.C8H8N2.C6H8N2/c1-16-22(21(27)15-25-11-3-2-4-12-25)19-9-10-24-14-20(19)26(16)18-7-5-17(13-23)6-8-18;1-11-17(16(22)8-18)14-6-7-20-10-15(14)21(11)13-4-2-12(9-19)3-5-13;1-11-8-13-6-7-17-10-15(13)18(11)14-4-2-12(9-16)3-5-14;1-6-4-7-2-3-9-5-8(7)10-6;1-5-2-3-8-4-6(5)7/h5-10,14H,2-4,11-12,15H2,1H3;2-7,10H,8H2,1H3;2-8,10H,1H3;2-5,10H,1H3;2-4H,7H2,1H3. The van der Waals surface area contributed by atoms with Crippen molar-refractivity contribution in [1.29, 1.82) is 15.8 Å². The molecule has 1 aliphatic heterocycles. The Morgan fingerprint density at radius 3 is 1.45 bits per heavy atom. The number of nitrogens with one attached hydrogen (secondary N) is 1. The van der Waals surface area contributed by atoms with Crippen molar-refractivity contribution < 1.29 is 9.59 Å². The van der Waals surface area contributed by atoms with Crippen molar-refractivity contribution in [1.82, 2.24) is 48.5 Å². The number of fused-ring (bicyclic) bond motifs is 4. The Morgan fingerprint density at radius 2 is 0.976 bits per heavy atom. The Hall–Kier alpha value is -10.6. The van der Waals surface area contributed by atoms with Gasteiger partial charge in [0.25, 0.3) is 0 Å². The molecule has 1 aliphatic rings. The quantitative estimate of drug-likeness (QED) is 0.107. The van der Waals surface area contributed by atoms with E-state index in [4.69, 9.17) is 33.1 Å². The van der Waals surface area contributed by atoms with Crippen molar-refractivity contribution in [3.05, 3.63) is 233 Å². The molecule has 1 fully saturated rings. The number of piperidine rings is 1. The minimum Gasteiger partial charge on any atom is -0.397 e. The number of Topliss-reactive ketones (excluding diaryl/α,β-unsaturated/α-hetero) is 2.